The van der Waals surface area contributed by atoms with Crippen molar-refractivity contribution in [2.24, 2.45) is 5.92 Å². The highest BCUT2D eigenvalue weighted by molar-refractivity contribution is 6.30. The van der Waals surface area contributed by atoms with E-state index in [0.29, 0.717) is 41.7 Å². The maximum Gasteiger partial charge on any atom is 0.319 e. The Bertz CT molecular complexity index is 745. The average molecular weight is 374 g/mol. The Balaban J connectivity index is 1.75. The van der Waals surface area contributed by atoms with Crippen molar-refractivity contribution in [2.45, 2.75) is 26.7 Å². The second kappa shape index (κ2) is 9.82. The molecular formula is C20H24ClN3O2. The molecule has 0 aliphatic carbocycles. The Kier molecular flexibility index (Phi) is 7.48. The predicted molar refractivity (Wildman–Crippen MR) is 107 cm³/mol. The van der Waals surface area contributed by atoms with Gasteiger partial charge in [-0.05, 0) is 54.3 Å². The van der Waals surface area contributed by atoms with Crippen LogP contribution in [-0.4, -0.2) is 18.5 Å². The third kappa shape index (κ3) is 7.15. The van der Waals surface area contributed by atoms with Crippen molar-refractivity contribution >= 4 is 34.9 Å². The summed E-state index contributed by atoms with van der Waals surface area (Å²) in [5, 5.41) is 9.09. The number of carbonyl (C=O) groups excluding carboxylic acids is 2. The maximum atomic E-state index is 11.9. The van der Waals surface area contributed by atoms with Crippen molar-refractivity contribution in [3.05, 3.63) is 59.1 Å². The number of hydrogen-bond acceptors (Lipinski definition) is 2. The van der Waals surface area contributed by atoms with Crippen LogP contribution in [0.3, 0.4) is 0 Å². The van der Waals surface area contributed by atoms with Crippen LogP contribution in [0, 0.1) is 5.92 Å². The monoisotopic (exact) mass is 373 g/mol. The quantitative estimate of drug-likeness (QED) is 0.659. The van der Waals surface area contributed by atoms with Crippen LogP contribution in [0.25, 0.3) is 0 Å². The molecule has 0 bridgehead atoms. The zero-order valence-corrected chi connectivity index (χ0v) is 15.8. The van der Waals surface area contributed by atoms with Crippen LogP contribution in [0.5, 0.6) is 0 Å². The first-order valence-corrected chi connectivity index (χ1v) is 8.99. The molecule has 0 saturated carbocycles. The lowest BCUT2D eigenvalue weighted by molar-refractivity contribution is -0.116. The normalized spacial score (nSPS) is 10.5. The fourth-order valence-corrected chi connectivity index (χ4v) is 2.62. The molecule has 3 N–H and O–H groups in total. The van der Waals surface area contributed by atoms with E-state index in [1.54, 1.807) is 24.3 Å². The van der Waals surface area contributed by atoms with Crippen molar-refractivity contribution in [1.82, 2.24) is 5.32 Å². The van der Waals surface area contributed by atoms with Gasteiger partial charge in [0.2, 0.25) is 5.91 Å². The summed E-state index contributed by atoms with van der Waals surface area (Å²) >= 11 is 5.94. The molecule has 0 heterocycles. The van der Waals surface area contributed by atoms with Gasteiger partial charge in [0.05, 0.1) is 0 Å². The van der Waals surface area contributed by atoms with E-state index in [2.05, 4.69) is 16.0 Å². The van der Waals surface area contributed by atoms with Gasteiger partial charge in [0.25, 0.3) is 0 Å². The summed E-state index contributed by atoms with van der Waals surface area (Å²) in [5.41, 5.74) is 2.44. The highest BCUT2D eigenvalue weighted by atomic mass is 35.5. The van der Waals surface area contributed by atoms with Crippen LogP contribution >= 0.6 is 11.6 Å². The molecule has 0 atom stereocenters. The van der Waals surface area contributed by atoms with E-state index in [1.807, 2.05) is 38.1 Å². The van der Waals surface area contributed by atoms with Crippen molar-refractivity contribution in [2.75, 3.05) is 17.2 Å². The average Bonchev–Trinajstić information content (AvgIpc) is 2.56. The van der Waals surface area contributed by atoms with Gasteiger partial charge in [0.15, 0.2) is 0 Å². The first-order valence-electron chi connectivity index (χ1n) is 8.61. The molecule has 2 aromatic carbocycles. The van der Waals surface area contributed by atoms with Gasteiger partial charge in [-0.15, -0.1) is 0 Å². The molecule has 3 amide bonds. The SMILES string of the molecule is CC(C)CC(=O)Nc1ccc(NC(=O)NCCc2cccc(Cl)c2)cc1. The molecule has 0 radical (unpaired) electrons. The summed E-state index contributed by atoms with van der Waals surface area (Å²) in [5.74, 6) is 0.297. The standard InChI is InChI=1S/C20H24ClN3O2/c1-14(2)12-19(25)23-17-6-8-18(9-7-17)24-20(26)22-11-10-15-4-3-5-16(21)13-15/h3-9,13-14H,10-12H2,1-2H3,(H,23,25)(H2,22,24,26). The molecule has 0 fully saturated rings. The van der Waals surface area contributed by atoms with Gasteiger partial charge >= 0.3 is 6.03 Å². The first-order chi connectivity index (χ1) is 12.4. The Morgan fingerprint density at radius 2 is 1.65 bits per heavy atom. The van der Waals surface area contributed by atoms with Crippen LogP contribution in [-0.2, 0) is 11.2 Å². The van der Waals surface area contributed by atoms with Gasteiger partial charge in [0, 0.05) is 29.4 Å². The second-order valence-electron chi connectivity index (χ2n) is 6.48. The Morgan fingerprint density at radius 1 is 1.00 bits per heavy atom. The first kappa shape index (κ1) is 19.8. The van der Waals surface area contributed by atoms with E-state index < -0.39 is 0 Å². The van der Waals surface area contributed by atoms with Crippen molar-refractivity contribution in [3.8, 4) is 0 Å². The van der Waals surface area contributed by atoms with Crippen molar-refractivity contribution in [1.29, 1.82) is 0 Å². The summed E-state index contributed by atoms with van der Waals surface area (Å²) in [6.07, 6.45) is 1.18. The van der Waals surface area contributed by atoms with Gasteiger partial charge < -0.3 is 16.0 Å². The number of benzene rings is 2. The van der Waals surface area contributed by atoms with Crippen LogP contribution in [0.1, 0.15) is 25.8 Å². The molecule has 26 heavy (non-hydrogen) atoms. The van der Waals surface area contributed by atoms with Crippen LogP contribution in [0.15, 0.2) is 48.5 Å². The van der Waals surface area contributed by atoms with E-state index in [1.165, 1.54) is 0 Å². The highest BCUT2D eigenvalue weighted by Crippen LogP contribution is 2.14. The molecule has 0 spiro atoms. The molecule has 0 aromatic heterocycles. The van der Waals surface area contributed by atoms with Gasteiger partial charge in [-0.3, -0.25) is 4.79 Å². The lowest BCUT2D eigenvalue weighted by Crippen LogP contribution is -2.30. The predicted octanol–water partition coefficient (Wildman–Crippen LogP) is 4.69. The molecule has 5 nitrogen and oxygen atoms in total. The number of rotatable bonds is 7. The molecule has 2 rings (SSSR count). The summed E-state index contributed by atoms with van der Waals surface area (Å²) in [7, 11) is 0. The van der Waals surface area contributed by atoms with Gasteiger partial charge in [-0.2, -0.15) is 0 Å². The minimum atomic E-state index is -0.274. The highest BCUT2D eigenvalue weighted by Gasteiger charge is 2.06. The van der Waals surface area contributed by atoms with Crippen molar-refractivity contribution < 1.29 is 9.59 Å². The van der Waals surface area contributed by atoms with Gasteiger partial charge in [0.1, 0.15) is 0 Å². The van der Waals surface area contributed by atoms with E-state index >= 15 is 0 Å². The van der Waals surface area contributed by atoms with E-state index in [4.69, 9.17) is 11.6 Å². The number of amides is 3. The molecule has 138 valence electrons. The maximum absolute atomic E-state index is 11.9. The number of carbonyl (C=O) groups is 2. The zero-order chi connectivity index (χ0) is 18.9. The molecule has 0 aliphatic rings. The number of hydrogen-bond donors (Lipinski definition) is 3. The second-order valence-corrected chi connectivity index (χ2v) is 6.92. The van der Waals surface area contributed by atoms with Gasteiger partial charge in [-0.1, -0.05) is 37.6 Å². The fraction of sp³-hybridized carbons (Fsp3) is 0.300. The summed E-state index contributed by atoms with van der Waals surface area (Å²) in [4.78, 5) is 23.7. The van der Waals surface area contributed by atoms with E-state index in [-0.39, 0.29) is 11.9 Å². The Morgan fingerprint density at radius 3 is 2.27 bits per heavy atom. The molecule has 0 unspecified atom stereocenters. The topological polar surface area (TPSA) is 70.2 Å². The zero-order valence-electron chi connectivity index (χ0n) is 15.0. The molecular weight excluding hydrogens is 350 g/mol. The molecule has 0 saturated heterocycles. The minimum absolute atomic E-state index is 0.0144. The Labute approximate surface area is 159 Å². The van der Waals surface area contributed by atoms with Crippen LogP contribution in [0.4, 0.5) is 16.2 Å². The minimum Gasteiger partial charge on any atom is -0.338 e. The number of anilines is 2. The van der Waals surface area contributed by atoms with Crippen LogP contribution < -0.4 is 16.0 Å². The van der Waals surface area contributed by atoms with E-state index in [9.17, 15) is 9.59 Å². The van der Waals surface area contributed by atoms with Crippen molar-refractivity contribution in [3.63, 3.8) is 0 Å². The molecule has 0 aliphatic heterocycles. The Hall–Kier alpha value is -2.53. The summed E-state index contributed by atoms with van der Waals surface area (Å²) in [6.45, 7) is 4.50. The number of urea groups is 1. The summed E-state index contributed by atoms with van der Waals surface area (Å²) in [6, 6.07) is 14.3. The number of halogens is 1. The third-order valence-electron chi connectivity index (χ3n) is 3.61. The largest absolute Gasteiger partial charge is 0.338 e. The third-order valence-corrected chi connectivity index (χ3v) is 3.84. The summed E-state index contributed by atoms with van der Waals surface area (Å²) < 4.78 is 0. The van der Waals surface area contributed by atoms with E-state index in [0.717, 1.165) is 5.56 Å². The molecule has 6 heteroatoms. The number of nitrogens with one attached hydrogen (secondary N) is 3. The molecule has 2 aromatic rings. The lowest BCUT2D eigenvalue weighted by atomic mass is 10.1. The smallest absolute Gasteiger partial charge is 0.319 e. The van der Waals surface area contributed by atoms with Gasteiger partial charge in [-0.25, -0.2) is 4.79 Å². The lowest BCUT2D eigenvalue weighted by Gasteiger charge is -2.10. The fourth-order valence-electron chi connectivity index (χ4n) is 2.41. The van der Waals surface area contributed by atoms with Crippen LogP contribution in [0.2, 0.25) is 5.02 Å².